The highest BCUT2D eigenvalue weighted by atomic mass is 79.9. The predicted octanol–water partition coefficient (Wildman–Crippen LogP) is 5.71. The molecule has 0 aliphatic heterocycles. The van der Waals surface area contributed by atoms with E-state index >= 15 is 0 Å². The van der Waals surface area contributed by atoms with E-state index in [-0.39, 0.29) is 12.6 Å². The van der Waals surface area contributed by atoms with Crippen LogP contribution in [0.1, 0.15) is 32.6 Å². The van der Waals surface area contributed by atoms with Gasteiger partial charge in [0.15, 0.2) is 0 Å². The molecule has 3 aromatic carbocycles. The lowest BCUT2D eigenvalue weighted by molar-refractivity contribution is 0.0471. The van der Waals surface area contributed by atoms with Gasteiger partial charge in [-0.25, -0.2) is 4.79 Å². The second-order valence-electron chi connectivity index (χ2n) is 6.03. The zero-order chi connectivity index (χ0) is 17.6. The molecule has 25 heavy (non-hydrogen) atoms. The van der Waals surface area contributed by atoms with Crippen molar-refractivity contribution < 1.29 is 9.53 Å². The third-order valence-electron chi connectivity index (χ3n) is 4.00. The Labute approximate surface area is 156 Å². The summed E-state index contributed by atoms with van der Waals surface area (Å²) in [5.41, 5.74) is 4.89. The maximum Gasteiger partial charge on any atom is 0.338 e. The van der Waals surface area contributed by atoms with E-state index in [0.717, 1.165) is 26.7 Å². The van der Waals surface area contributed by atoms with Gasteiger partial charge >= 0.3 is 5.97 Å². The maximum atomic E-state index is 12.6. The van der Waals surface area contributed by atoms with Crippen LogP contribution in [0.3, 0.4) is 0 Å². The molecule has 0 saturated carbocycles. The lowest BCUT2D eigenvalue weighted by Crippen LogP contribution is -2.09. The summed E-state index contributed by atoms with van der Waals surface area (Å²) < 4.78 is 6.55. The van der Waals surface area contributed by atoms with Crippen molar-refractivity contribution in [1.82, 2.24) is 0 Å². The number of benzene rings is 3. The van der Waals surface area contributed by atoms with E-state index in [2.05, 4.69) is 34.1 Å². The fraction of sp³-hybridized carbons (Fsp3) is 0.136. The molecule has 3 aromatic rings. The fourth-order valence-electron chi connectivity index (χ4n) is 2.69. The summed E-state index contributed by atoms with van der Waals surface area (Å²) in [6, 6.07) is 23.7. The summed E-state index contributed by atoms with van der Waals surface area (Å²) in [4.78, 5) is 12.6. The minimum absolute atomic E-state index is 0.282. The third kappa shape index (κ3) is 4.80. The molecule has 0 atom stereocenters. The third-order valence-corrected chi connectivity index (χ3v) is 4.53. The van der Waals surface area contributed by atoms with Gasteiger partial charge in [0.25, 0.3) is 0 Å². The Balaban J connectivity index is 1.78. The normalized spacial score (nSPS) is 10.5. The second-order valence-corrected chi connectivity index (χ2v) is 6.94. The average molecular weight is 395 g/mol. The first-order valence-electron chi connectivity index (χ1n) is 8.17. The molecule has 3 rings (SSSR count). The standard InChI is InChI=1S/C22H19BrO2/c1-16-7-12-21(22(24)25-15-18-5-3-2-4-6-18)19(13-16)14-17-8-10-20(23)11-9-17/h2-13H,14-15H2,1H3. The van der Waals surface area contributed by atoms with Crippen LogP contribution in [-0.2, 0) is 17.8 Å². The Morgan fingerprint density at radius 3 is 2.36 bits per heavy atom. The molecule has 0 bridgehead atoms. The number of halogens is 1. The summed E-state index contributed by atoms with van der Waals surface area (Å²) in [5.74, 6) is -0.282. The molecule has 0 amide bonds. The van der Waals surface area contributed by atoms with Gasteiger partial charge in [-0.15, -0.1) is 0 Å². The van der Waals surface area contributed by atoms with E-state index in [1.165, 1.54) is 0 Å². The smallest absolute Gasteiger partial charge is 0.338 e. The quantitative estimate of drug-likeness (QED) is 0.518. The van der Waals surface area contributed by atoms with Crippen LogP contribution in [0.15, 0.2) is 77.3 Å². The summed E-state index contributed by atoms with van der Waals surface area (Å²) in [6.07, 6.45) is 0.699. The van der Waals surface area contributed by atoms with Crippen LogP contribution in [0.2, 0.25) is 0 Å². The van der Waals surface area contributed by atoms with E-state index < -0.39 is 0 Å². The van der Waals surface area contributed by atoms with Gasteiger partial charge in [-0.05, 0) is 48.2 Å². The number of aryl methyl sites for hydroxylation is 1. The van der Waals surface area contributed by atoms with Crippen LogP contribution in [-0.4, -0.2) is 5.97 Å². The number of rotatable bonds is 5. The largest absolute Gasteiger partial charge is 0.457 e. The molecule has 0 N–H and O–H groups in total. The number of carbonyl (C=O) groups excluding carboxylic acids is 1. The van der Waals surface area contributed by atoms with Crippen molar-refractivity contribution in [3.63, 3.8) is 0 Å². The molecule has 0 saturated heterocycles. The van der Waals surface area contributed by atoms with Crippen LogP contribution in [0.25, 0.3) is 0 Å². The van der Waals surface area contributed by atoms with Gasteiger partial charge < -0.3 is 4.74 Å². The Morgan fingerprint density at radius 1 is 0.920 bits per heavy atom. The average Bonchev–Trinajstić information content (AvgIpc) is 2.63. The second kappa shape index (κ2) is 8.13. The molecule has 3 heteroatoms. The van der Waals surface area contributed by atoms with Crippen LogP contribution in [0, 0.1) is 6.92 Å². The Morgan fingerprint density at radius 2 is 1.64 bits per heavy atom. The highest BCUT2D eigenvalue weighted by Gasteiger charge is 2.14. The molecule has 0 aliphatic carbocycles. The minimum Gasteiger partial charge on any atom is -0.457 e. The molecule has 0 aromatic heterocycles. The number of ether oxygens (including phenoxy) is 1. The minimum atomic E-state index is -0.282. The van der Waals surface area contributed by atoms with Crippen molar-refractivity contribution in [2.75, 3.05) is 0 Å². The lowest BCUT2D eigenvalue weighted by Gasteiger charge is -2.11. The van der Waals surface area contributed by atoms with Gasteiger partial charge in [-0.3, -0.25) is 0 Å². The van der Waals surface area contributed by atoms with Gasteiger partial charge in [0, 0.05) is 4.47 Å². The van der Waals surface area contributed by atoms with Crippen LogP contribution in [0.4, 0.5) is 0 Å². The van der Waals surface area contributed by atoms with Crippen molar-refractivity contribution in [3.05, 3.63) is 105 Å². The van der Waals surface area contributed by atoms with Gasteiger partial charge in [-0.1, -0.05) is 76.1 Å². The first-order chi connectivity index (χ1) is 12.1. The topological polar surface area (TPSA) is 26.3 Å². The molecular formula is C22H19BrO2. The molecule has 2 nitrogen and oxygen atoms in total. The maximum absolute atomic E-state index is 12.6. The Kier molecular flexibility index (Phi) is 5.67. The van der Waals surface area contributed by atoms with Gasteiger partial charge in [0.2, 0.25) is 0 Å². The highest BCUT2D eigenvalue weighted by molar-refractivity contribution is 9.10. The number of carbonyl (C=O) groups is 1. The van der Waals surface area contributed by atoms with E-state index in [1.54, 1.807) is 0 Å². The number of hydrogen-bond acceptors (Lipinski definition) is 2. The van der Waals surface area contributed by atoms with E-state index in [9.17, 15) is 4.79 Å². The highest BCUT2D eigenvalue weighted by Crippen LogP contribution is 2.20. The predicted molar refractivity (Wildman–Crippen MR) is 104 cm³/mol. The summed E-state index contributed by atoms with van der Waals surface area (Å²) >= 11 is 3.45. The molecule has 0 heterocycles. The van der Waals surface area contributed by atoms with Gasteiger partial charge in [-0.2, -0.15) is 0 Å². The monoisotopic (exact) mass is 394 g/mol. The first kappa shape index (κ1) is 17.4. The first-order valence-corrected chi connectivity index (χ1v) is 8.96. The van der Waals surface area contributed by atoms with Crippen molar-refractivity contribution in [1.29, 1.82) is 0 Å². The summed E-state index contributed by atoms with van der Waals surface area (Å²) in [5, 5.41) is 0. The molecule has 0 aliphatic rings. The van der Waals surface area contributed by atoms with E-state index in [4.69, 9.17) is 4.74 Å². The van der Waals surface area contributed by atoms with Crippen LogP contribution >= 0.6 is 15.9 Å². The van der Waals surface area contributed by atoms with E-state index in [0.29, 0.717) is 12.0 Å². The summed E-state index contributed by atoms with van der Waals surface area (Å²) in [7, 11) is 0. The van der Waals surface area contributed by atoms with E-state index in [1.807, 2.05) is 61.5 Å². The lowest BCUT2D eigenvalue weighted by atomic mass is 9.98. The molecule has 126 valence electrons. The van der Waals surface area contributed by atoms with Gasteiger partial charge in [0.05, 0.1) is 5.56 Å². The van der Waals surface area contributed by atoms with Crippen molar-refractivity contribution in [2.45, 2.75) is 20.0 Å². The number of esters is 1. The Hall–Kier alpha value is -2.39. The SMILES string of the molecule is Cc1ccc(C(=O)OCc2ccccc2)c(Cc2ccc(Br)cc2)c1. The van der Waals surface area contributed by atoms with Crippen molar-refractivity contribution in [3.8, 4) is 0 Å². The zero-order valence-corrected chi connectivity index (χ0v) is 15.6. The van der Waals surface area contributed by atoms with Crippen molar-refractivity contribution >= 4 is 21.9 Å². The molecule has 0 unspecified atom stereocenters. The molecule has 0 radical (unpaired) electrons. The fourth-order valence-corrected chi connectivity index (χ4v) is 2.96. The van der Waals surface area contributed by atoms with Crippen LogP contribution < -0.4 is 0 Å². The molecule has 0 fully saturated rings. The van der Waals surface area contributed by atoms with Gasteiger partial charge in [0.1, 0.15) is 6.61 Å². The molecular weight excluding hydrogens is 376 g/mol. The van der Waals surface area contributed by atoms with Crippen LogP contribution in [0.5, 0.6) is 0 Å². The summed E-state index contributed by atoms with van der Waals surface area (Å²) in [6.45, 7) is 2.31. The molecule has 0 spiro atoms. The number of hydrogen-bond donors (Lipinski definition) is 0. The zero-order valence-electron chi connectivity index (χ0n) is 14.0. The Bertz CT molecular complexity index is 855. The van der Waals surface area contributed by atoms with Crippen molar-refractivity contribution in [2.24, 2.45) is 0 Å².